The lowest BCUT2D eigenvalue weighted by molar-refractivity contribution is 0.938. The summed E-state index contributed by atoms with van der Waals surface area (Å²) in [5.74, 6) is 1.60. The summed E-state index contributed by atoms with van der Waals surface area (Å²) in [5, 5.41) is 0. The maximum Gasteiger partial charge on any atom is 0.201 e. The Kier molecular flexibility index (Phi) is 3.79. The van der Waals surface area contributed by atoms with Crippen molar-refractivity contribution in [2.75, 3.05) is 11.5 Å². The molecule has 1 heterocycles. The Bertz CT molecular complexity index is 519. The van der Waals surface area contributed by atoms with Crippen molar-refractivity contribution in [3.05, 3.63) is 28.9 Å². The Morgan fingerprint density at radius 3 is 2.47 bits per heavy atom. The maximum absolute atomic E-state index is 5.77. The average Bonchev–Trinajstić information content (AvgIpc) is 2.55. The molecule has 1 aromatic heterocycles. The average molecular weight is 312 g/mol. The van der Waals surface area contributed by atoms with E-state index in [2.05, 4.69) is 52.1 Å². The molecule has 0 saturated carbocycles. The van der Waals surface area contributed by atoms with Crippen LogP contribution in [0.1, 0.15) is 6.92 Å². The third kappa shape index (κ3) is 2.50. The van der Waals surface area contributed by atoms with Crippen LogP contribution in [0.4, 0.5) is 5.95 Å². The van der Waals surface area contributed by atoms with Crippen molar-refractivity contribution >= 4 is 33.6 Å². The largest absolute Gasteiger partial charge is 0.369 e. The number of halogens is 1. The first-order valence-electron chi connectivity index (χ1n) is 5.34. The molecule has 0 amide bonds. The lowest BCUT2D eigenvalue weighted by Crippen LogP contribution is -1.98. The van der Waals surface area contributed by atoms with Gasteiger partial charge in [-0.3, -0.25) is 0 Å². The smallest absolute Gasteiger partial charge is 0.201 e. The van der Waals surface area contributed by atoms with Gasteiger partial charge >= 0.3 is 0 Å². The molecule has 1 aromatic carbocycles. The Labute approximate surface area is 114 Å². The van der Waals surface area contributed by atoms with Gasteiger partial charge in [0.1, 0.15) is 4.60 Å². The van der Waals surface area contributed by atoms with Gasteiger partial charge in [0.25, 0.3) is 0 Å². The highest BCUT2D eigenvalue weighted by atomic mass is 79.9. The van der Waals surface area contributed by atoms with Gasteiger partial charge in [0.15, 0.2) is 0 Å². The van der Waals surface area contributed by atoms with Crippen LogP contribution in [0.5, 0.6) is 0 Å². The van der Waals surface area contributed by atoms with E-state index in [4.69, 9.17) is 5.73 Å². The number of benzene rings is 1. The molecular weight excluding hydrogens is 298 g/mol. The summed E-state index contributed by atoms with van der Waals surface area (Å²) in [6.07, 6.45) is 0. The highest BCUT2D eigenvalue weighted by molar-refractivity contribution is 9.10. The van der Waals surface area contributed by atoms with Gasteiger partial charge in [-0.05, 0) is 33.8 Å². The number of imidazole rings is 1. The third-order valence-corrected chi connectivity index (χ3v) is 3.97. The van der Waals surface area contributed by atoms with Crippen molar-refractivity contribution < 1.29 is 0 Å². The Morgan fingerprint density at radius 1 is 1.35 bits per heavy atom. The number of hydrogen-bond donors (Lipinski definition) is 1. The van der Waals surface area contributed by atoms with E-state index >= 15 is 0 Å². The second kappa shape index (κ2) is 5.14. The van der Waals surface area contributed by atoms with Crippen LogP contribution in [0.25, 0.3) is 11.3 Å². The van der Waals surface area contributed by atoms with Gasteiger partial charge in [-0.1, -0.05) is 19.1 Å². The molecule has 2 N–H and O–H groups in total. The van der Waals surface area contributed by atoms with Crippen LogP contribution in [-0.2, 0) is 7.05 Å². The molecule has 0 saturated heterocycles. The molecule has 0 aliphatic carbocycles. The predicted octanol–water partition coefficient (Wildman–Crippen LogP) is 3.54. The molecule has 0 atom stereocenters. The van der Waals surface area contributed by atoms with E-state index in [-0.39, 0.29) is 0 Å². The number of nitrogens with two attached hydrogens (primary N) is 1. The summed E-state index contributed by atoms with van der Waals surface area (Å²) >= 11 is 5.27. The summed E-state index contributed by atoms with van der Waals surface area (Å²) < 4.78 is 2.67. The van der Waals surface area contributed by atoms with Gasteiger partial charge in [0, 0.05) is 17.5 Å². The molecule has 0 radical (unpaired) electrons. The number of anilines is 1. The molecule has 17 heavy (non-hydrogen) atoms. The molecule has 3 nitrogen and oxygen atoms in total. The van der Waals surface area contributed by atoms with E-state index in [0.717, 1.165) is 21.6 Å². The summed E-state index contributed by atoms with van der Waals surface area (Å²) in [4.78, 5) is 5.48. The number of aromatic nitrogens is 2. The Hall–Kier alpha value is -0.940. The van der Waals surface area contributed by atoms with Gasteiger partial charge < -0.3 is 10.3 Å². The lowest BCUT2D eigenvalue weighted by atomic mass is 10.2. The first-order chi connectivity index (χ1) is 8.13. The van der Waals surface area contributed by atoms with E-state index in [1.165, 1.54) is 4.90 Å². The zero-order chi connectivity index (χ0) is 12.4. The van der Waals surface area contributed by atoms with E-state index in [1.807, 2.05) is 23.4 Å². The monoisotopic (exact) mass is 311 g/mol. The van der Waals surface area contributed by atoms with Gasteiger partial charge in [-0.2, -0.15) is 0 Å². The zero-order valence-electron chi connectivity index (χ0n) is 9.77. The number of rotatable bonds is 3. The van der Waals surface area contributed by atoms with Crippen molar-refractivity contribution in [1.82, 2.24) is 9.55 Å². The second-order valence-corrected chi connectivity index (χ2v) is 5.71. The van der Waals surface area contributed by atoms with Crippen LogP contribution in [-0.4, -0.2) is 15.3 Å². The summed E-state index contributed by atoms with van der Waals surface area (Å²) in [6, 6.07) is 8.44. The lowest BCUT2D eigenvalue weighted by Gasteiger charge is -2.05. The fourth-order valence-electron chi connectivity index (χ4n) is 1.67. The standard InChI is InChI=1S/C12H14BrN3S/c1-3-17-9-6-4-8(5-7-9)10-11(13)15-12(14)16(10)2/h4-7H,3H2,1-2H3,(H2,14,15). The molecule has 2 rings (SSSR count). The normalized spacial score (nSPS) is 10.8. The van der Waals surface area contributed by atoms with Gasteiger partial charge in [0.05, 0.1) is 5.69 Å². The van der Waals surface area contributed by atoms with E-state index < -0.39 is 0 Å². The zero-order valence-corrected chi connectivity index (χ0v) is 12.2. The minimum atomic E-state index is 0.513. The van der Waals surface area contributed by atoms with Gasteiger partial charge in [0.2, 0.25) is 5.95 Å². The molecule has 0 fully saturated rings. The minimum absolute atomic E-state index is 0.513. The van der Waals surface area contributed by atoms with E-state index in [0.29, 0.717) is 5.95 Å². The minimum Gasteiger partial charge on any atom is -0.369 e. The molecule has 0 aliphatic rings. The van der Waals surface area contributed by atoms with Crippen molar-refractivity contribution in [2.45, 2.75) is 11.8 Å². The first kappa shape index (κ1) is 12.5. The molecule has 0 aliphatic heterocycles. The highest BCUT2D eigenvalue weighted by Crippen LogP contribution is 2.30. The molecule has 5 heteroatoms. The fourth-order valence-corrected chi connectivity index (χ4v) is 3.01. The van der Waals surface area contributed by atoms with E-state index in [9.17, 15) is 0 Å². The molecule has 0 unspecified atom stereocenters. The van der Waals surface area contributed by atoms with Crippen molar-refractivity contribution in [1.29, 1.82) is 0 Å². The molecule has 90 valence electrons. The fraction of sp³-hybridized carbons (Fsp3) is 0.250. The molecule has 0 bridgehead atoms. The molecular formula is C12H14BrN3S. The topological polar surface area (TPSA) is 43.8 Å². The van der Waals surface area contributed by atoms with Crippen LogP contribution >= 0.6 is 27.7 Å². The van der Waals surface area contributed by atoms with Gasteiger partial charge in [-0.25, -0.2) is 4.98 Å². The first-order valence-corrected chi connectivity index (χ1v) is 7.12. The Balaban J connectivity index is 2.39. The van der Waals surface area contributed by atoms with Crippen LogP contribution in [0, 0.1) is 0 Å². The summed E-state index contributed by atoms with van der Waals surface area (Å²) in [7, 11) is 1.91. The summed E-state index contributed by atoms with van der Waals surface area (Å²) in [5.41, 5.74) is 7.90. The van der Waals surface area contributed by atoms with Crippen LogP contribution in [0.15, 0.2) is 33.8 Å². The van der Waals surface area contributed by atoms with Crippen LogP contribution in [0.2, 0.25) is 0 Å². The predicted molar refractivity (Wildman–Crippen MR) is 77.2 cm³/mol. The van der Waals surface area contributed by atoms with Crippen molar-refractivity contribution in [2.24, 2.45) is 7.05 Å². The quantitative estimate of drug-likeness (QED) is 0.882. The number of hydrogen-bond acceptors (Lipinski definition) is 3. The third-order valence-electron chi connectivity index (χ3n) is 2.53. The summed E-state index contributed by atoms with van der Waals surface area (Å²) in [6.45, 7) is 2.15. The number of nitrogens with zero attached hydrogens (tertiary/aromatic N) is 2. The van der Waals surface area contributed by atoms with Crippen LogP contribution < -0.4 is 5.73 Å². The number of thioether (sulfide) groups is 1. The second-order valence-electron chi connectivity index (χ2n) is 3.63. The van der Waals surface area contributed by atoms with Crippen molar-refractivity contribution in [3.63, 3.8) is 0 Å². The molecule has 0 spiro atoms. The maximum atomic E-state index is 5.77. The van der Waals surface area contributed by atoms with Gasteiger partial charge in [-0.15, -0.1) is 11.8 Å². The number of nitrogen functional groups attached to an aromatic ring is 1. The van der Waals surface area contributed by atoms with E-state index in [1.54, 1.807) is 0 Å². The Morgan fingerprint density at radius 2 is 2.00 bits per heavy atom. The van der Waals surface area contributed by atoms with Crippen LogP contribution in [0.3, 0.4) is 0 Å². The SMILES string of the molecule is CCSc1ccc(-c2c(Br)nc(N)n2C)cc1. The highest BCUT2D eigenvalue weighted by Gasteiger charge is 2.12. The molecule has 2 aromatic rings. The van der Waals surface area contributed by atoms with Crippen molar-refractivity contribution in [3.8, 4) is 11.3 Å².